The molecular weight excluding hydrogens is 184 g/mol. The molecule has 0 aliphatic carbocycles. The Morgan fingerprint density at radius 1 is 1.31 bits per heavy atom. The van der Waals surface area contributed by atoms with E-state index >= 15 is 0 Å². The van der Waals surface area contributed by atoms with Crippen molar-refractivity contribution in [2.45, 2.75) is 12.3 Å². The zero-order valence-corrected chi connectivity index (χ0v) is 8.30. The van der Waals surface area contributed by atoms with Gasteiger partial charge in [0.15, 0.2) is 0 Å². The van der Waals surface area contributed by atoms with E-state index in [2.05, 4.69) is 0 Å². The summed E-state index contributed by atoms with van der Waals surface area (Å²) in [5, 5.41) is 0.757. The molecule has 1 aromatic rings. The van der Waals surface area contributed by atoms with Crippen molar-refractivity contribution in [1.29, 1.82) is 0 Å². The van der Waals surface area contributed by atoms with Crippen LogP contribution in [0.3, 0.4) is 0 Å². The number of rotatable bonds is 4. The lowest BCUT2D eigenvalue weighted by Gasteiger charge is -2.13. The van der Waals surface area contributed by atoms with Crippen LogP contribution in [0.2, 0.25) is 5.02 Å². The SMILES string of the molecule is NCCC(CN)c1cccc(Cl)c1. The topological polar surface area (TPSA) is 52.0 Å². The van der Waals surface area contributed by atoms with Crippen molar-refractivity contribution in [3.8, 4) is 0 Å². The van der Waals surface area contributed by atoms with Gasteiger partial charge in [0, 0.05) is 5.02 Å². The summed E-state index contributed by atoms with van der Waals surface area (Å²) in [7, 11) is 0. The van der Waals surface area contributed by atoms with Crippen LogP contribution in [0.1, 0.15) is 17.9 Å². The van der Waals surface area contributed by atoms with Gasteiger partial charge in [0.25, 0.3) is 0 Å². The molecule has 1 aromatic carbocycles. The highest BCUT2D eigenvalue weighted by Crippen LogP contribution is 2.20. The number of nitrogens with two attached hydrogens (primary N) is 2. The van der Waals surface area contributed by atoms with Crippen LogP contribution in [0.4, 0.5) is 0 Å². The second-order valence-electron chi connectivity index (χ2n) is 3.06. The molecule has 0 spiro atoms. The molecule has 0 aliphatic heterocycles. The van der Waals surface area contributed by atoms with Crippen LogP contribution in [-0.4, -0.2) is 13.1 Å². The van der Waals surface area contributed by atoms with E-state index in [1.165, 1.54) is 5.56 Å². The van der Waals surface area contributed by atoms with Crippen LogP contribution in [0, 0.1) is 0 Å². The summed E-state index contributed by atoms with van der Waals surface area (Å²) >= 11 is 5.87. The van der Waals surface area contributed by atoms with E-state index in [1.807, 2.05) is 24.3 Å². The average molecular weight is 199 g/mol. The van der Waals surface area contributed by atoms with Crippen LogP contribution in [-0.2, 0) is 0 Å². The van der Waals surface area contributed by atoms with E-state index in [1.54, 1.807) is 0 Å². The lowest BCUT2D eigenvalue weighted by atomic mass is 9.96. The van der Waals surface area contributed by atoms with Crippen molar-refractivity contribution in [3.05, 3.63) is 34.9 Å². The first-order chi connectivity index (χ1) is 6.27. The number of hydrogen-bond donors (Lipinski definition) is 2. The highest BCUT2D eigenvalue weighted by Gasteiger charge is 2.08. The van der Waals surface area contributed by atoms with Crippen molar-refractivity contribution < 1.29 is 0 Å². The molecule has 72 valence electrons. The van der Waals surface area contributed by atoms with E-state index in [0.29, 0.717) is 19.0 Å². The Morgan fingerprint density at radius 2 is 2.08 bits per heavy atom. The Hall–Kier alpha value is -0.570. The molecule has 4 N–H and O–H groups in total. The quantitative estimate of drug-likeness (QED) is 0.775. The molecular formula is C10H15ClN2. The molecule has 0 saturated heterocycles. The van der Waals surface area contributed by atoms with Crippen LogP contribution < -0.4 is 11.5 Å². The predicted octanol–water partition coefficient (Wildman–Crippen LogP) is 1.73. The van der Waals surface area contributed by atoms with E-state index in [4.69, 9.17) is 23.1 Å². The van der Waals surface area contributed by atoms with Gasteiger partial charge in [-0.05, 0) is 43.1 Å². The molecule has 13 heavy (non-hydrogen) atoms. The van der Waals surface area contributed by atoms with Gasteiger partial charge in [0.1, 0.15) is 0 Å². The largest absolute Gasteiger partial charge is 0.330 e. The lowest BCUT2D eigenvalue weighted by molar-refractivity contribution is 0.643. The third-order valence-electron chi connectivity index (χ3n) is 2.12. The molecule has 0 bridgehead atoms. The molecule has 0 aromatic heterocycles. The minimum Gasteiger partial charge on any atom is -0.330 e. The molecule has 0 fully saturated rings. The zero-order chi connectivity index (χ0) is 9.68. The van der Waals surface area contributed by atoms with Gasteiger partial charge in [0.2, 0.25) is 0 Å². The van der Waals surface area contributed by atoms with E-state index in [0.717, 1.165) is 11.4 Å². The minimum atomic E-state index is 0.337. The fourth-order valence-electron chi connectivity index (χ4n) is 1.38. The summed E-state index contributed by atoms with van der Waals surface area (Å²) in [6.45, 7) is 1.28. The predicted molar refractivity (Wildman–Crippen MR) is 56.9 cm³/mol. The van der Waals surface area contributed by atoms with Gasteiger partial charge in [-0.1, -0.05) is 23.7 Å². The van der Waals surface area contributed by atoms with Gasteiger partial charge in [-0.2, -0.15) is 0 Å². The number of halogens is 1. The highest BCUT2D eigenvalue weighted by atomic mass is 35.5. The van der Waals surface area contributed by atoms with Crippen LogP contribution in [0.15, 0.2) is 24.3 Å². The smallest absolute Gasteiger partial charge is 0.0408 e. The molecule has 1 unspecified atom stereocenters. The Bertz CT molecular complexity index is 263. The van der Waals surface area contributed by atoms with Gasteiger partial charge in [-0.15, -0.1) is 0 Å². The Balaban J connectivity index is 2.78. The van der Waals surface area contributed by atoms with E-state index in [9.17, 15) is 0 Å². The highest BCUT2D eigenvalue weighted by molar-refractivity contribution is 6.30. The molecule has 0 aliphatic rings. The fourth-order valence-corrected chi connectivity index (χ4v) is 1.58. The van der Waals surface area contributed by atoms with Gasteiger partial charge in [-0.25, -0.2) is 0 Å². The van der Waals surface area contributed by atoms with Crippen molar-refractivity contribution >= 4 is 11.6 Å². The molecule has 2 nitrogen and oxygen atoms in total. The number of benzene rings is 1. The Kier molecular flexibility index (Phi) is 4.22. The summed E-state index contributed by atoms with van der Waals surface area (Å²) in [5.74, 6) is 0.337. The van der Waals surface area contributed by atoms with Gasteiger partial charge < -0.3 is 11.5 Å². The Labute approximate surface area is 83.9 Å². The summed E-state index contributed by atoms with van der Waals surface area (Å²) in [4.78, 5) is 0. The van der Waals surface area contributed by atoms with Gasteiger partial charge in [-0.3, -0.25) is 0 Å². The third-order valence-corrected chi connectivity index (χ3v) is 2.35. The second kappa shape index (κ2) is 5.22. The summed E-state index contributed by atoms with van der Waals surface area (Å²) in [6.07, 6.45) is 0.914. The standard InChI is InChI=1S/C10H15ClN2/c11-10-3-1-2-8(6-10)9(7-13)4-5-12/h1-3,6,9H,4-5,7,12-13H2. The monoisotopic (exact) mass is 198 g/mol. The molecule has 3 heteroatoms. The van der Waals surface area contributed by atoms with Crippen LogP contribution >= 0.6 is 11.6 Å². The molecule has 0 saturated carbocycles. The first-order valence-corrected chi connectivity index (χ1v) is 4.81. The maximum atomic E-state index is 5.87. The minimum absolute atomic E-state index is 0.337. The van der Waals surface area contributed by atoms with E-state index in [-0.39, 0.29) is 0 Å². The first-order valence-electron chi connectivity index (χ1n) is 4.43. The third kappa shape index (κ3) is 2.99. The normalized spacial score (nSPS) is 12.8. The Morgan fingerprint density at radius 3 is 2.62 bits per heavy atom. The summed E-state index contributed by atoms with van der Waals surface area (Å²) in [6, 6.07) is 7.80. The fraction of sp³-hybridized carbons (Fsp3) is 0.400. The maximum absolute atomic E-state index is 5.87. The summed E-state index contributed by atoms with van der Waals surface area (Å²) in [5.41, 5.74) is 12.3. The lowest BCUT2D eigenvalue weighted by Crippen LogP contribution is -2.16. The van der Waals surface area contributed by atoms with Crippen LogP contribution in [0.25, 0.3) is 0 Å². The number of hydrogen-bond acceptors (Lipinski definition) is 2. The van der Waals surface area contributed by atoms with Gasteiger partial charge in [0.05, 0.1) is 0 Å². The second-order valence-corrected chi connectivity index (χ2v) is 3.50. The molecule has 0 heterocycles. The van der Waals surface area contributed by atoms with E-state index < -0.39 is 0 Å². The van der Waals surface area contributed by atoms with Crippen molar-refractivity contribution in [2.24, 2.45) is 11.5 Å². The van der Waals surface area contributed by atoms with Crippen molar-refractivity contribution in [2.75, 3.05) is 13.1 Å². The molecule has 1 rings (SSSR count). The van der Waals surface area contributed by atoms with Crippen molar-refractivity contribution in [3.63, 3.8) is 0 Å². The molecule has 0 radical (unpaired) electrons. The molecule has 1 atom stereocenters. The van der Waals surface area contributed by atoms with Crippen LogP contribution in [0.5, 0.6) is 0 Å². The first kappa shape index (κ1) is 10.5. The molecule has 0 amide bonds. The van der Waals surface area contributed by atoms with Gasteiger partial charge >= 0.3 is 0 Å². The maximum Gasteiger partial charge on any atom is 0.0408 e. The van der Waals surface area contributed by atoms with Crippen molar-refractivity contribution in [1.82, 2.24) is 0 Å². The average Bonchev–Trinajstić information content (AvgIpc) is 2.14. The zero-order valence-electron chi connectivity index (χ0n) is 7.54. The summed E-state index contributed by atoms with van der Waals surface area (Å²) < 4.78 is 0.